The molecule has 0 amide bonds. The van der Waals surface area contributed by atoms with Gasteiger partial charge in [-0.25, -0.2) is 0 Å². The lowest BCUT2D eigenvalue weighted by Gasteiger charge is -1.95. The number of carboxylic acids is 1. The normalized spacial score (nSPS) is 10.1. The van der Waals surface area contributed by atoms with Crippen molar-refractivity contribution in [3.8, 4) is 0 Å². The molecule has 1 rings (SSSR count). The quantitative estimate of drug-likeness (QED) is 0.801. The van der Waals surface area contributed by atoms with Crippen LogP contribution in [0, 0.1) is 0 Å². The van der Waals surface area contributed by atoms with Crippen LogP contribution in [0.15, 0.2) is 54.6 Å². The van der Waals surface area contributed by atoms with Gasteiger partial charge in [0, 0.05) is 6.42 Å². The van der Waals surface area contributed by atoms with Gasteiger partial charge in [-0.2, -0.15) is 0 Å². The van der Waals surface area contributed by atoms with Crippen molar-refractivity contribution in [1.29, 1.82) is 0 Å². The van der Waals surface area contributed by atoms with Crippen molar-refractivity contribution in [2.75, 3.05) is 0 Å². The standard InChI is InChI=1S/C9H10O2.C6H10/c10-9(11)7-6-8-4-2-1-3-5-8;1-4-6(3)5-2/h1-5H,6-7H2,(H,10,11);4-5H,1H2,2-3H3/b;6-5-. The van der Waals surface area contributed by atoms with Gasteiger partial charge in [-0.1, -0.05) is 54.6 Å². The topological polar surface area (TPSA) is 37.3 Å². The highest BCUT2D eigenvalue weighted by Crippen LogP contribution is 2.01. The van der Waals surface area contributed by atoms with Crippen molar-refractivity contribution in [1.82, 2.24) is 0 Å². The molecule has 0 fully saturated rings. The van der Waals surface area contributed by atoms with Crippen molar-refractivity contribution in [3.05, 3.63) is 60.2 Å². The zero-order valence-corrected chi connectivity index (χ0v) is 10.5. The van der Waals surface area contributed by atoms with Gasteiger partial charge in [0.1, 0.15) is 0 Å². The molecular weight excluding hydrogens is 212 g/mol. The summed E-state index contributed by atoms with van der Waals surface area (Å²) in [7, 11) is 0. The van der Waals surface area contributed by atoms with Crippen LogP contribution in [0.5, 0.6) is 0 Å². The molecule has 1 N–H and O–H groups in total. The number of allylic oxidation sites excluding steroid dienone is 3. The van der Waals surface area contributed by atoms with E-state index in [9.17, 15) is 4.79 Å². The van der Waals surface area contributed by atoms with Gasteiger partial charge in [-0.15, -0.1) is 0 Å². The summed E-state index contributed by atoms with van der Waals surface area (Å²) in [6, 6.07) is 9.62. The van der Waals surface area contributed by atoms with E-state index >= 15 is 0 Å². The average molecular weight is 232 g/mol. The summed E-state index contributed by atoms with van der Waals surface area (Å²) in [5.41, 5.74) is 2.31. The minimum absolute atomic E-state index is 0.212. The molecule has 0 atom stereocenters. The van der Waals surface area contributed by atoms with Crippen LogP contribution >= 0.6 is 0 Å². The van der Waals surface area contributed by atoms with Crippen LogP contribution in [0.3, 0.4) is 0 Å². The fourth-order valence-electron chi connectivity index (χ4n) is 1.01. The largest absolute Gasteiger partial charge is 0.481 e. The molecule has 0 aliphatic heterocycles. The zero-order valence-electron chi connectivity index (χ0n) is 10.5. The van der Waals surface area contributed by atoms with E-state index in [0.29, 0.717) is 6.42 Å². The van der Waals surface area contributed by atoms with E-state index < -0.39 is 5.97 Å². The first-order valence-corrected chi connectivity index (χ1v) is 5.61. The highest BCUT2D eigenvalue weighted by molar-refractivity contribution is 5.67. The second-order valence-corrected chi connectivity index (χ2v) is 3.62. The van der Waals surface area contributed by atoms with E-state index in [-0.39, 0.29) is 6.42 Å². The predicted octanol–water partition coefficient (Wildman–Crippen LogP) is 3.84. The monoisotopic (exact) mass is 232 g/mol. The second kappa shape index (κ2) is 9.40. The number of aliphatic carboxylic acids is 1. The molecule has 2 heteroatoms. The Morgan fingerprint density at radius 1 is 1.35 bits per heavy atom. The molecule has 17 heavy (non-hydrogen) atoms. The molecule has 0 aliphatic carbocycles. The van der Waals surface area contributed by atoms with E-state index in [1.165, 1.54) is 5.57 Å². The first-order valence-electron chi connectivity index (χ1n) is 5.61. The van der Waals surface area contributed by atoms with Gasteiger partial charge in [-0.3, -0.25) is 4.79 Å². The molecule has 0 unspecified atom stereocenters. The van der Waals surface area contributed by atoms with Gasteiger partial charge in [0.05, 0.1) is 0 Å². The molecule has 2 nitrogen and oxygen atoms in total. The molecule has 0 saturated heterocycles. The minimum atomic E-state index is -0.742. The Labute approximate surface area is 103 Å². The van der Waals surface area contributed by atoms with Crippen LogP contribution in [0.1, 0.15) is 25.8 Å². The summed E-state index contributed by atoms with van der Waals surface area (Å²) in [4.78, 5) is 10.2. The minimum Gasteiger partial charge on any atom is -0.481 e. The summed E-state index contributed by atoms with van der Waals surface area (Å²) in [5, 5.41) is 8.37. The van der Waals surface area contributed by atoms with Crippen LogP contribution in [0.4, 0.5) is 0 Å². The van der Waals surface area contributed by atoms with Crippen molar-refractivity contribution in [2.24, 2.45) is 0 Å². The van der Waals surface area contributed by atoms with Gasteiger partial charge in [0.25, 0.3) is 0 Å². The third kappa shape index (κ3) is 9.12. The molecule has 0 aliphatic rings. The smallest absolute Gasteiger partial charge is 0.303 e. The van der Waals surface area contributed by atoms with Crippen LogP contribution in [0.2, 0.25) is 0 Å². The van der Waals surface area contributed by atoms with E-state index in [2.05, 4.69) is 6.58 Å². The van der Waals surface area contributed by atoms with Crippen LogP contribution in [0.25, 0.3) is 0 Å². The Balaban J connectivity index is 0.000000366. The SMILES string of the molecule is C=C/C(C)=C\C.O=C(O)CCc1ccccc1. The molecule has 0 radical (unpaired) electrons. The number of carbonyl (C=O) groups is 1. The summed E-state index contributed by atoms with van der Waals surface area (Å²) >= 11 is 0. The molecule has 0 bridgehead atoms. The highest BCUT2D eigenvalue weighted by atomic mass is 16.4. The van der Waals surface area contributed by atoms with Crippen molar-refractivity contribution < 1.29 is 9.90 Å². The van der Waals surface area contributed by atoms with Gasteiger partial charge >= 0.3 is 5.97 Å². The summed E-state index contributed by atoms with van der Waals surface area (Å²) < 4.78 is 0. The molecule has 0 heterocycles. The maximum absolute atomic E-state index is 10.2. The summed E-state index contributed by atoms with van der Waals surface area (Å²) in [5.74, 6) is -0.742. The summed E-state index contributed by atoms with van der Waals surface area (Å²) in [6.07, 6.45) is 4.69. The lowest BCUT2D eigenvalue weighted by atomic mass is 10.1. The van der Waals surface area contributed by atoms with Crippen LogP contribution in [-0.2, 0) is 11.2 Å². The fourth-order valence-corrected chi connectivity index (χ4v) is 1.01. The molecule has 1 aromatic rings. The van der Waals surface area contributed by atoms with Gasteiger partial charge in [-0.05, 0) is 25.8 Å². The zero-order chi connectivity index (χ0) is 13.1. The van der Waals surface area contributed by atoms with E-state index in [0.717, 1.165) is 5.56 Å². The lowest BCUT2D eigenvalue weighted by Crippen LogP contribution is -1.96. The molecule has 0 spiro atoms. The highest BCUT2D eigenvalue weighted by Gasteiger charge is 1.96. The first-order chi connectivity index (χ1) is 8.10. The molecule has 1 aromatic carbocycles. The Morgan fingerprint density at radius 3 is 2.29 bits per heavy atom. The Bertz CT molecular complexity index is 364. The maximum Gasteiger partial charge on any atom is 0.303 e. The molecule has 0 aromatic heterocycles. The lowest BCUT2D eigenvalue weighted by molar-refractivity contribution is -0.136. The van der Waals surface area contributed by atoms with E-state index in [4.69, 9.17) is 5.11 Å². The Hall–Kier alpha value is -1.83. The third-order valence-corrected chi connectivity index (χ3v) is 2.25. The first kappa shape index (κ1) is 15.2. The number of hydrogen-bond donors (Lipinski definition) is 1. The second-order valence-electron chi connectivity index (χ2n) is 3.62. The fraction of sp³-hybridized carbons (Fsp3) is 0.267. The number of rotatable bonds is 4. The predicted molar refractivity (Wildman–Crippen MR) is 72.0 cm³/mol. The van der Waals surface area contributed by atoms with Gasteiger partial charge in [0.2, 0.25) is 0 Å². The van der Waals surface area contributed by atoms with Gasteiger partial charge < -0.3 is 5.11 Å². The van der Waals surface area contributed by atoms with E-state index in [1.807, 2.05) is 56.3 Å². The number of hydrogen-bond acceptors (Lipinski definition) is 1. The van der Waals surface area contributed by atoms with Crippen molar-refractivity contribution in [3.63, 3.8) is 0 Å². The molecule has 0 saturated carbocycles. The van der Waals surface area contributed by atoms with Crippen LogP contribution < -0.4 is 0 Å². The number of benzene rings is 1. The van der Waals surface area contributed by atoms with Crippen LogP contribution in [-0.4, -0.2) is 11.1 Å². The number of carboxylic acid groups (broad SMARTS) is 1. The van der Waals surface area contributed by atoms with Crippen molar-refractivity contribution in [2.45, 2.75) is 26.7 Å². The molecule has 92 valence electrons. The van der Waals surface area contributed by atoms with Gasteiger partial charge in [0.15, 0.2) is 0 Å². The Kier molecular flexibility index (Phi) is 8.39. The van der Waals surface area contributed by atoms with Crippen molar-refractivity contribution >= 4 is 5.97 Å². The third-order valence-electron chi connectivity index (χ3n) is 2.25. The average Bonchev–Trinajstić information content (AvgIpc) is 2.37. The Morgan fingerprint density at radius 2 is 1.94 bits per heavy atom. The number of aryl methyl sites for hydroxylation is 1. The maximum atomic E-state index is 10.2. The summed E-state index contributed by atoms with van der Waals surface area (Å²) in [6.45, 7) is 7.58. The van der Waals surface area contributed by atoms with E-state index in [1.54, 1.807) is 0 Å². The molecular formula is C15H20O2.